The summed E-state index contributed by atoms with van der Waals surface area (Å²) in [4.78, 5) is 12.1. The summed E-state index contributed by atoms with van der Waals surface area (Å²) >= 11 is 0. The summed E-state index contributed by atoms with van der Waals surface area (Å²) in [5, 5.41) is 10.9. The quantitative estimate of drug-likeness (QED) is 0.721. The van der Waals surface area contributed by atoms with Crippen molar-refractivity contribution in [3.05, 3.63) is 35.4 Å². The van der Waals surface area contributed by atoms with Crippen LogP contribution in [0.4, 0.5) is 0 Å². The van der Waals surface area contributed by atoms with Gasteiger partial charge in [0, 0.05) is 6.42 Å². The van der Waals surface area contributed by atoms with E-state index < -0.39 is 11.0 Å². The third-order valence-corrected chi connectivity index (χ3v) is 4.48. The van der Waals surface area contributed by atoms with Crippen LogP contribution in [0.25, 0.3) is 0 Å². The van der Waals surface area contributed by atoms with Gasteiger partial charge in [0.25, 0.3) is 0 Å². The van der Waals surface area contributed by atoms with Gasteiger partial charge in [0.05, 0.1) is 5.41 Å². The van der Waals surface area contributed by atoms with E-state index in [1.807, 2.05) is 31.2 Å². The number of ketones is 1. The molecule has 0 saturated heterocycles. The first kappa shape index (κ1) is 10.0. The molecule has 0 amide bonds. The predicted octanol–water partition coefficient (Wildman–Crippen LogP) is 2.19. The molecule has 0 spiro atoms. The van der Waals surface area contributed by atoms with Gasteiger partial charge < -0.3 is 5.11 Å². The Kier molecular flexibility index (Phi) is 1.85. The van der Waals surface area contributed by atoms with E-state index in [9.17, 15) is 9.90 Å². The fraction of sp³-hybridized carbons (Fsp3) is 0.500. The Labute approximate surface area is 95.3 Å². The van der Waals surface area contributed by atoms with E-state index in [0.29, 0.717) is 19.3 Å². The first-order chi connectivity index (χ1) is 7.58. The standard InChI is InChI=1S/C14H16O2/c1-13-9-10-5-2-3-6-11(10)14(13,16)8-4-7-12(13)15/h2-3,5-6,16H,4,7-9H2,1H3/t13-,14+/m0/s1. The number of aliphatic hydroxyl groups is 1. The van der Waals surface area contributed by atoms with Crippen LogP contribution in [0.3, 0.4) is 0 Å². The number of benzene rings is 1. The topological polar surface area (TPSA) is 37.3 Å². The van der Waals surface area contributed by atoms with E-state index in [-0.39, 0.29) is 5.78 Å². The van der Waals surface area contributed by atoms with Crippen LogP contribution >= 0.6 is 0 Å². The summed E-state index contributed by atoms with van der Waals surface area (Å²) < 4.78 is 0. The van der Waals surface area contributed by atoms with Crippen LogP contribution in [0.2, 0.25) is 0 Å². The normalized spacial score (nSPS) is 37.0. The van der Waals surface area contributed by atoms with Gasteiger partial charge in [-0.05, 0) is 37.3 Å². The lowest BCUT2D eigenvalue weighted by Crippen LogP contribution is -2.49. The van der Waals surface area contributed by atoms with Crippen molar-refractivity contribution in [1.29, 1.82) is 0 Å². The van der Waals surface area contributed by atoms with Crippen LogP contribution in [0.1, 0.15) is 37.3 Å². The number of hydrogen-bond acceptors (Lipinski definition) is 2. The van der Waals surface area contributed by atoms with Gasteiger partial charge in [0.1, 0.15) is 11.4 Å². The predicted molar refractivity (Wildman–Crippen MR) is 61.0 cm³/mol. The van der Waals surface area contributed by atoms with Crippen molar-refractivity contribution in [3.8, 4) is 0 Å². The zero-order valence-electron chi connectivity index (χ0n) is 9.49. The molecule has 1 aromatic rings. The van der Waals surface area contributed by atoms with Gasteiger partial charge in [-0.3, -0.25) is 4.79 Å². The summed E-state index contributed by atoms with van der Waals surface area (Å²) in [5.74, 6) is 0.220. The molecule has 1 saturated carbocycles. The first-order valence-electron chi connectivity index (χ1n) is 5.92. The van der Waals surface area contributed by atoms with Crippen LogP contribution in [0, 0.1) is 5.41 Å². The Bertz CT molecular complexity index is 466. The molecule has 0 unspecified atom stereocenters. The molecule has 1 aromatic carbocycles. The molecule has 2 aliphatic rings. The maximum Gasteiger partial charge on any atom is 0.142 e. The molecule has 84 valence electrons. The number of carbonyl (C=O) groups excluding carboxylic acids is 1. The molecule has 3 rings (SSSR count). The molecule has 0 heterocycles. The zero-order valence-corrected chi connectivity index (χ0v) is 9.49. The Balaban J connectivity index is 2.21. The van der Waals surface area contributed by atoms with Crippen LogP contribution in [0.5, 0.6) is 0 Å². The number of fused-ring (bicyclic) bond motifs is 3. The van der Waals surface area contributed by atoms with Crippen LogP contribution < -0.4 is 0 Å². The maximum atomic E-state index is 12.1. The molecular weight excluding hydrogens is 200 g/mol. The highest BCUT2D eigenvalue weighted by Crippen LogP contribution is 2.56. The Hall–Kier alpha value is -1.15. The molecular formula is C14H16O2. The van der Waals surface area contributed by atoms with Crippen molar-refractivity contribution >= 4 is 5.78 Å². The fourth-order valence-electron chi connectivity index (χ4n) is 3.42. The van der Waals surface area contributed by atoms with Gasteiger partial charge in [0.15, 0.2) is 0 Å². The lowest BCUT2D eigenvalue weighted by molar-refractivity contribution is -0.153. The average Bonchev–Trinajstić information content (AvgIpc) is 2.50. The van der Waals surface area contributed by atoms with Crippen molar-refractivity contribution < 1.29 is 9.90 Å². The summed E-state index contributed by atoms with van der Waals surface area (Å²) in [6.45, 7) is 1.93. The summed E-state index contributed by atoms with van der Waals surface area (Å²) in [5.41, 5.74) is 0.613. The zero-order chi connectivity index (χ0) is 11.4. The highest BCUT2D eigenvalue weighted by Gasteiger charge is 2.59. The Morgan fingerprint density at radius 2 is 2.06 bits per heavy atom. The molecule has 2 atom stereocenters. The van der Waals surface area contributed by atoms with Crippen molar-refractivity contribution in [2.75, 3.05) is 0 Å². The highest BCUT2D eigenvalue weighted by atomic mass is 16.3. The lowest BCUT2D eigenvalue weighted by Gasteiger charge is -2.42. The van der Waals surface area contributed by atoms with Crippen LogP contribution in [0.15, 0.2) is 24.3 Å². The molecule has 0 bridgehead atoms. The van der Waals surface area contributed by atoms with E-state index in [2.05, 4.69) is 0 Å². The molecule has 2 aliphatic carbocycles. The fourth-order valence-corrected chi connectivity index (χ4v) is 3.42. The van der Waals surface area contributed by atoms with E-state index >= 15 is 0 Å². The second-order valence-corrected chi connectivity index (χ2v) is 5.30. The molecule has 0 radical (unpaired) electrons. The molecule has 1 N–H and O–H groups in total. The number of rotatable bonds is 0. The van der Waals surface area contributed by atoms with Gasteiger partial charge in [-0.1, -0.05) is 24.3 Å². The van der Waals surface area contributed by atoms with Gasteiger partial charge in [-0.15, -0.1) is 0 Å². The largest absolute Gasteiger partial charge is 0.384 e. The number of carbonyl (C=O) groups is 1. The molecule has 1 fully saturated rings. The monoisotopic (exact) mass is 216 g/mol. The summed E-state index contributed by atoms with van der Waals surface area (Å²) in [7, 11) is 0. The Morgan fingerprint density at radius 3 is 2.88 bits per heavy atom. The van der Waals surface area contributed by atoms with E-state index in [1.54, 1.807) is 0 Å². The molecule has 0 aromatic heterocycles. The van der Waals surface area contributed by atoms with Gasteiger partial charge in [0.2, 0.25) is 0 Å². The second-order valence-electron chi connectivity index (χ2n) is 5.30. The third kappa shape index (κ3) is 0.983. The van der Waals surface area contributed by atoms with Crippen LogP contribution in [-0.4, -0.2) is 10.9 Å². The third-order valence-electron chi connectivity index (χ3n) is 4.48. The lowest BCUT2D eigenvalue weighted by atomic mass is 9.64. The van der Waals surface area contributed by atoms with Crippen molar-refractivity contribution in [1.82, 2.24) is 0 Å². The van der Waals surface area contributed by atoms with Crippen molar-refractivity contribution in [2.24, 2.45) is 5.41 Å². The minimum Gasteiger partial charge on any atom is -0.384 e. The van der Waals surface area contributed by atoms with Gasteiger partial charge in [-0.2, -0.15) is 0 Å². The van der Waals surface area contributed by atoms with Crippen LogP contribution in [-0.2, 0) is 16.8 Å². The summed E-state index contributed by atoms with van der Waals surface area (Å²) in [6, 6.07) is 7.93. The highest BCUT2D eigenvalue weighted by molar-refractivity contribution is 5.88. The molecule has 2 nitrogen and oxygen atoms in total. The average molecular weight is 216 g/mol. The minimum atomic E-state index is -0.918. The van der Waals surface area contributed by atoms with Crippen molar-refractivity contribution in [3.63, 3.8) is 0 Å². The Morgan fingerprint density at radius 1 is 1.31 bits per heavy atom. The first-order valence-corrected chi connectivity index (χ1v) is 5.92. The minimum absolute atomic E-state index is 0.220. The molecule has 16 heavy (non-hydrogen) atoms. The number of hydrogen-bond donors (Lipinski definition) is 1. The summed E-state index contributed by atoms with van der Waals surface area (Å²) in [6.07, 6.45) is 2.83. The van der Waals surface area contributed by atoms with E-state index in [1.165, 1.54) is 0 Å². The van der Waals surface area contributed by atoms with E-state index in [4.69, 9.17) is 0 Å². The van der Waals surface area contributed by atoms with Gasteiger partial charge >= 0.3 is 0 Å². The maximum absolute atomic E-state index is 12.1. The number of Topliss-reactive ketones (excluding diaryl/α,β-unsaturated/α-hetero) is 1. The molecule has 2 heteroatoms. The SMILES string of the molecule is C[C@@]12Cc3ccccc3[C@]1(O)CCCC2=O. The second kappa shape index (κ2) is 2.95. The smallest absolute Gasteiger partial charge is 0.142 e. The molecule has 0 aliphatic heterocycles. The van der Waals surface area contributed by atoms with Crippen molar-refractivity contribution in [2.45, 2.75) is 38.2 Å². The van der Waals surface area contributed by atoms with E-state index in [0.717, 1.165) is 17.5 Å². The van der Waals surface area contributed by atoms with Gasteiger partial charge in [-0.25, -0.2) is 0 Å².